The van der Waals surface area contributed by atoms with Crippen molar-refractivity contribution in [2.45, 2.75) is 20.3 Å². The maximum absolute atomic E-state index is 12.1. The number of carbonyl (C=O) groups excluding carboxylic acids is 1. The standard InChI is InChI=1S/C15H24N2O/c1-12-6-7-14(10-13(12)2)15(18)11-17(4)9-5-8-16-3/h6-7,10,16H,5,8-9,11H2,1-4H3. The van der Waals surface area contributed by atoms with Crippen molar-refractivity contribution in [3.63, 3.8) is 0 Å². The minimum atomic E-state index is 0.199. The Bertz CT molecular complexity index is 401. The molecule has 0 bridgehead atoms. The molecule has 0 saturated carbocycles. The maximum Gasteiger partial charge on any atom is 0.176 e. The Labute approximate surface area is 110 Å². The first kappa shape index (κ1) is 14.9. The number of nitrogens with one attached hydrogen (secondary N) is 1. The van der Waals surface area contributed by atoms with E-state index in [9.17, 15) is 4.79 Å². The normalized spacial score (nSPS) is 10.9. The summed E-state index contributed by atoms with van der Waals surface area (Å²) in [7, 11) is 3.94. The lowest BCUT2D eigenvalue weighted by Crippen LogP contribution is -2.28. The number of hydrogen-bond acceptors (Lipinski definition) is 3. The Morgan fingerprint density at radius 1 is 1.28 bits per heavy atom. The van der Waals surface area contributed by atoms with Gasteiger partial charge in [0, 0.05) is 5.56 Å². The van der Waals surface area contributed by atoms with Crippen LogP contribution >= 0.6 is 0 Å². The van der Waals surface area contributed by atoms with Crippen molar-refractivity contribution in [1.82, 2.24) is 10.2 Å². The molecule has 0 spiro atoms. The molecule has 0 atom stereocenters. The van der Waals surface area contributed by atoms with E-state index in [1.54, 1.807) is 0 Å². The number of hydrogen-bond donors (Lipinski definition) is 1. The zero-order valence-corrected chi connectivity index (χ0v) is 11.9. The summed E-state index contributed by atoms with van der Waals surface area (Å²) in [6.45, 7) is 6.53. The maximum atomic E-state index is 12.1. The first-order chi connectivity index (χ1) is 8.54. The molecule has 0 radical (unpaired) electrons. The van der Waals surface area contributed by atoms with Gasteiger partial charge in [-0.25, -0.2) is 0 Å². The summed E-state index contributed by atoms with van der Waals surface area (Å²) in [5, 5.41) is 3.11. The van der Waals surface area contributed by atoms with Gasteiger partial charge in [0.05, 0.1) is 6.54 Å². The Hall–Kier alpha value is -1.19. The molecule has 3 nitrogen and oxygen atoms in total. The van der Waals surface area contributed by atoms with Crippen LogP contribution in [0, 0.1) is 13.8 Å². The average molecular weight is 248 g/mol. The summed E-state index contributed by atoms with van der Waals surface area (Å²) >= 11 is 0. The summed E-state index contributed by atoms with van der Waals surface area (Å²) in [6, 6.07) is 5.93. The summed E-state index contributed by atoms with van der Waals surface area (Å²) in [4.78, 5) is 14.2. The molecule has 1 aromatic rings. The number of Topliss-reactive ketones (excluding diaryl/α,β-unsaturated/α-hetero) is 1. The number of rotatable bonds is 7. The summed E-state index contributed by atoms with van der Waals surface area (Å²) in [6.07, 6.45) is 1.06. The number of likely N-dealkylation sites (N-methyl/N-ethyl adjacent to an activating group) is 1. The van der Waals surface area contributed by atoms with Crippen LogP contribution < -0.4 is 5.32 Å². The van der Waals surface area contributed by atoms with Gasteiger partial charge in [0.1, 0.15) is 0 Å². The predicted molar refractivity (Wildman–Crippen MR) is 76.3 cm³/mol. The van der Waals surface area contributed by atoms with Crippen LogP contribution in [0.1, 0.15) is 27.9 Å². The molecule has 0 aromatic heterocycles. The second-order valence-corrected chi connectivity index (χ2v) is 4.92. The van der Waals surface area contributed by atoms with Crippen LogP contribution in [-0.4, -0.2) is 44.4 Å². The molecule has 0 saturated heterocycles. The number of aryl methyl sites for hydroxylation is 2. The molecule has 0 amide bonds. The lowest BCUT2D eigenvalue weighted by atomic mass is 10.0. The van der Waals surface area contributed by atoms with Gasteiger partial charge in [0.2, 0.25) is 0 Å². The molecular weight excluding hydrogens is 224 g/mol. The minimum absolute atomic E-state index is 0.199. The fourth-order valence-corrected chi connectivity index (χ4v) is 1.86. The average Bonchev–Trinajstić information content (AvgIpc) is 2.33. The molecule has 0 unspecified atom stereocenters. The van der Waals surface area contributed by atoms with Crippen molar-refractivity contribution in [3.8, 4) is 0 Å². The van der Waals surface area contributed by atoms with Crippen LogP contribution in [0.25, 0.3) is 0 Å². The molecule has 3 heteroatoms. The monoisotopic (exact) mass is 248 g/mol. The van der Waals surface area contributed by atoms with Crippen LogP contribution in [0.3, 0.4) is 0 Å². The molecule has 0 aliphatic rings. The first-order valence-corrected chi connectivity index (χ1v) is 6.48. The van der Waals surface area contributed by atoms with Gasteiger partial charge in [-0.15, -0.1) is 0 Å². The number of benzene rings is 1. The van der Waals surface area contributed by atoms with Gasteiger partial charge in [-0.1, -0.05) is 12.1 Å². The Morgan fingerprint density at radius 2 is 2.00 bits per heavy atom. The molecule has 0 fully saturated rings. The van der Waals surface area contributed by atoms with Crippen LogP contribution in [0.2, 0.25) is 0 Å². The second-order valence-electron chi connectivity index (χ2n) is 4.92. The van der Waals surface area contributed by atoms with Gasteiger partial charge in [-0.2, -0.15) is 0 Å². The van der Waals surface area contributed by atoms with Crippen LogP contribution in [-0.2, 0) is 0 Å². The van der Waals surface area contributed by atoms with Crippen LogP contribution in [0.4, 0.5) is 0 Å². The highest BCUT2D eigenvalue weighted by molar-refractivity contribution is 5.97. The van der Waals surface area contributed by atoms with E-state index in [1.165, 1.54) is 11.1 Å². The highest BCUT2D eigenvalue weighted by Crippen LogP contribution is 2.10. The summed E-state index contributed by atoms with van der Waals surface area (Å²) < 4.78 is 0. The predicted octanol–water partition coefficient (Wildman–Crippen LogP) is 2.03. The Kier molecular flexibility index (Phi) is 6.02. The minimum Gasteiger partial charge on any atom is -0.320 e. The summed E-state index contributed by atoms with van der Waals surface area (Å²) in [5.74, 6) is 0.199. The molecule has 18 heavy (non-hydrogen) atoms. The SMILES string of the molecule is CNCCCN(C)CC(=O)c1ccc(C)c(C)c1. The van der Waals surface area contributed by atoms with Gasteiger partial charge < -0.3 is 5.32 Å². The van der Waals surface area contributed by atoms with E-state index in [-0.39, 0.29) is 5.78 Å². The fourth-order valence-electron chi connectivity index (χ4n) is 1.86. The van der Waals surface area contributed by atoms with E-state index in [0.29, 0.717) is 6.54 Å². The second kappa shape index (κ2) is 7.29. The molecule has 0 aliphatic heterocycles. The van der Waals surface area contributed by atoms with Gasteiger partial charge in [0.25, 0.3) is 0 Å². The Balaban J connectivity index is 2.51. The highest BCUT2D eigenvalue weighted by atomic mass is 16.1. The van der Waals surface area contributed by atoms with Gasteiger partial charge in [0.15, 0.2) is 5.78 Å². The third kappa shape index (κ3) is 4.59. The molecule has 100 valence electrons. The molecule has 1 aromatic carbocycles. The van der Waals surface area contributed by atoms with E-state index in [1.807, 2.05) is 39.2 Å². The lowest BCUT2D eigenvalue weighted by Gasteiger charge is -2.15. The largest absolute Gasteiger partial charge is 0.320 e. The van der Waals surface area contributed by atoms with Gasteiger partial charge in [-0.05, 0) is 64.6 Å². The zero-order valence-electron chi connectivity index (χ0n) is 11.9. The van der Waals surface area contributed by atoms with Crippen molar-refractivity contribution in [2.75, 3.05) is 33.7 Å². The number of ketones is 1. The van der Waals surface area contributed by atoms with Gasteiger partial charge >= 0.3 is 0 Å². The van der Waals surface area contributed by atoms with Crippen molar-refractivity contribution < 1.29 is 4.79 Å². The van der Waals surface area contributed by atoms with E-state index in [4.69, 9.17) is 0 Å². The topological polar surface area (TPSA) is 32.3 Å². The van der Waals surface area contributed by atoms with E-state index >= 15 is 0 Å². The third-order valence-corrected chi connectivity index (χ3v) is 3.21. The van der Waals surface area contributed by atoms with E-state index in [2.05, 4.69) is 17.1 Å². The molecule has 0 heterocycles. The fraction of sp³-hybridized carbons (Fsp3) is 0.533. The molecular formula is C15H24N2O. The third-order valence-electron chi connectivity index (χ3n) is 3.21. The van der Waals surface area contributed by atoms with E-state index < -0.39 is 0 Å². The molecule has 1 N–H and O–H groups in total. The number of carbonyl (C=O) groups is 1. The number of nitrogens with zero attached hydrogens (tertiary/aromatic N) is 1. The smallest absolute Gasteiger partial charge is 0.176 e. The van der Waals surface area contributed by atoms with E-state index in [0.717, 1.165) is 25.1 Å². The van der Waals surface area contributed by atoms with Crippen molar-refractivity contribution in [1.29, 1.82) is 0 Å². The Morgan fingerprint density at radius 3 is 2.61 bits per heavy atom. The lowest BCUT2D eigenvalue weighted by molar-refractivity contribution is 0.0945. The van der Waals surface area contributed by atoms with Crippen molar-refractivity contribution >= 4 is 5.78 Å². The molecule has 1 rings (SSSR count). The quantitative estimate of drug-likeness (QED) is 0.592. The highest BCUT2D eigenvalue weighted by Gasteiger charge is 2.09. The first-order valence-electron chi connectivity index (χ1n) is 6.48. The van der Waals surface area contributed by atoms with Crippen LogP contribution in [0.5, 0.6) is 0 Å². The van der Waals surface area contributed by atoms with Crippen molar-refractivity contribution in [3.05, 3.63) is 34.9 Å². The van der Waals surface area contributed by atoms with Gasteiger partial charge in [-0.3, -0.25) is 9.69 Å². The summed E-state index contributed by atoms with van der Waals surface area (Å²) in [5.41, 5.74) is 3.23. The van der Waals surface area contributed by atoms with Crippen molar-refractivity contribution in [2.24, 2.45) is 0 Å². The zero-order chi connectivity index (χ0) is 13.5. The molecule has 0 aliphatic carbocycles. The van der Waals surface area contributed by atoms with Crippen LogP contribution in [0.15, 0.2) is 18.2 Å².